The van der Waals surface area contributed by atoms with Crippen LogP contribution < -0.4 is 9.47 Å². The molecule has 1 aliphatic rings. The van der Waals surface area contributed by atoms with Gasteiger partial charge in [0.1, 0.15) is 23.7 Å². The summed E-state index contributed by atoms with van der Waals surface area (Å²) in [7, 11) is 0. The Morgan fingerprint density at radius 1 is 1.23 bits per heavy atom. The number of carbonyl (C=O) groups is 2. The molecule has 2 heterocycles. The molecule has 0 aliphatic carbocycles. The van der Waals surface area contributed by atoms with Crippen LogP contribution in [0.5, 0.6) is 11.5 Å². The Hall–Kier alpha value is -3.79. The Bertz CT molecular complexity index is 1370. The lowest BCUT2D eigenvalue weighted by Gasteiger charge is -2.32. The first kappa shape index (κ1) is 29.2. The number of aliphatic carboxylic acids is 1. The summed E-state index contributed by atoms with van der Waals surface area (Å²) in [5.74, 6) is 0.754. The predicted octanol–water partition coefficient (Wildman–Crippen LogP) is 6.77. The Labute approximate surface area is 238 Å². The van der Waals surface area contributed by atoms with E-state index in [0.29, 0.717) is 46.3 Å². The number of para-hydroxylation sites is 1. The predicted molar refractivity (Wildman–Crippen MR) is 149 cm³/mol. The van der Waals surface area contributed by atoms with E-state index >= 15 is 0 Å². The Morgan fingerprint density at radius 2 is 2.00 bits per heavy atom. The third-order valence-corrected chi connectivity index (χ3v) is 6.36. The van der Waals surface area contributed by atoms with Gasteiger partial charge >= 0.3 is 12.1 Å². The van der Waals surface area contributed by atoms with Gasteiger partial charge in [-0.05, 0) is 71.7 Å². The molecule has 1 aromatic heterocycles. The number of carboxylic acid groups (broad SMARTS) is 1. The van der Waals surface area contributed by atoms with Crippen molar-refractivity contribution in [1.29, 1.82) is 0 Å². The molecule has 2 aromatic carbocycles. The summed E-state index contributed by atoms with van der Waals surface area (Å²) in [5, 5.41) is 13.8. The van der Waals surface area contributed by atoms with Crippen molar-refractivity contribution < 1.29 is 33.4 Å². The van der Waals surface area contributed by atoms with Gasteiger partial charge in [0.2, 0.25) is 5.82 Å². The summed E-state index contributed by atoms with van der Waals surface area (Å²) < 4.78 is 23.1. The van der Waals surface area contributed by atoms with Crippen LogP contribution >= 0.6 is 11.6 Å². The third kappa shape index (κ3) is 7.04. The molecule has 40 heavy (non-hydrogen) atoms. The summed E-state index contributed by atoms with van der Waals surface area (Å²) in [4.78, 5) is 30.6. The van der Waals surface area contributed by atoms with Gasteiger partial charge in [-0.25, -0.2) is 4.79 Å². The van der Waals surface area contributed by atoms with Crippen molar-refractivity contribution in [3.05, 3.63) is 47.0 Å². The summed E-state index contributed by atoms with van der Waals surface area (Å²) >= 11 is 6.40. The summed E-state index contributed by atoms with van der Waals surface area (Å²) in [6.07, 6.45) is 0.245. The normalized spacial score (nSPS) is 15.3. The lowest BCUT2D eigenvalue weighted by atomic mass is 9.96. The first-order chi connectivity index (χ1) is 18.9. The maximum Gasteiger partial charge on any atom is 0.410 e. The van der Waals surface area contributed by atoms with Gasteiger partial charge in [-0.2, -0.15) is 4.98 Å². The molecular formula is C29H34ClN3O7. The number of carbonyl (C=O) groups excluding carboxylic acids is 1. The second-order valence-corrected chi connectivity index (χ2v) is 11.2. The van der Waals surface area contributed by atoms with E-state index in [1.807, 2.05) is 32.0 Å². The zero-order chi connectivity index (χ0) is 29.0. The Balaban J connectivity index is 1.68. The standard InChI is InChI=1S/C29H34ClN3O7/c1-17(2)38-23-13-12-18(16-21(23)30)27-31-26(32-40-27)20-9-6-8-19-22(10-7-11-24(34)35)33(14-15-37-25(19)20)28(36)39-29(3,4)5/h6,8-9,12-13,16-17,22H,7,10-11,14-15H2,1-5H3,(H,34,35). The van der Waals surface area contributed by atoms with Crippen LogP contribution in [0, 0.1) is 0 Å². The van der Waals surface area contributed by atoms with Crippen LogP contribution in [0.1, 0.15) is 65.5 Å². The molecule has 4 rings (SSSR count). The first-order valence-corrected chi connectivity index (χ1v) is 13.6. The highest BCUT2D eigenvalue weighted by molar-refractivity contribution is 6.32. The van der Waals surface area contributed by atoms with Crippen molar-refractivity contribution in [3.8, 4) is 34.3 Å². The minimum absolute atomic E-state index is 0.0215. The average molecular weight is 572 g/mol. The number of aromatic nitrogens is 2. The molecule has 1 unspecified atom stereocenters. The molecule has 0 radical (unpaired) electrons. The fourth-order valence-electron chi connectivity index (χ4n) is 4.45. The van der Waals surface area contributed by atoms with E-state index in [1.165, 1.54) is 0 Å². The van der Waals surface area contributed by atoms with Crippen LogP contribution in [-0.2, 0) is 9.53 Å². The number of hydrogen-bond acceptors (Lipinski definition) is 8. The molecular weight excluding hydrogens is 538 g/mol. The molecule has 214 valence electrons. The quantitative estimate of drug-likeness (QED) is 0.312. The van der Waals surface area contributed by atoms with Crippen molar-refractivity contribution in [2.75, 3.05) is 13.2 Å². The fourth-order valence-corrected chi connectivity index (χ4v) is 4.68. The number of benzene rings is 2. The highest BCUT2D eigenvalue weighted by Gasteiger charge is 2.34. The molecule has 1 aliphatic heterocycles. The van der Waals surface area contributed by atoms with Gasteiger partial charge in [0.25, 0.3) is 5.89 Å². The van der Waals surface area contributed by atoms with Crippen LogP contribution in [-0.4, -0.2) is 57.1 Å². The molecule has 0 fully saturated rings. The first-order valence-electron chi connectivity index (χ1n) is 13.2. The van der Waals surface area contributed by atoms with E-state index < -0.39 is 23.7 Å². The number of amides is 1. The maximum absolute atomic E-state index is 13.2. The largest absolute Gasteiger partial charge is 0.491 e. The van der Waals surface area contributed by atoms with Gasteiger partial charge < -0.3 is 23.8 Å². The van der Waals surface area contributed by atoms with Crippen molar-refractivity contribution >= 4 is 23.7 Å². The minimum Gasteiger partial charge on any atom is -0.491 e. The maximum atomic E-state index is 13.2. The second kappa shape index (κ2) is 12.2. The van der Waals surface area contributed by atoms with Crippen molar-refractivity contribution in [2.45, 2.75) is 71.6 Å². The third-order valence-electron chi connectivity index (χ3n) is 6.06. The molecule has 0 spiro atoms. The van der Waals surface area contributed by atoms with E-state index in [-0.39, 0.29) is 31.6 Å². The summed E-state index contributed by atoms with van der Waals surface area (Å²) in [5.41, 5.74) is 1.25. The van der Waals surface area contributed by atoms with Crippen LogP contribution in [0.4, 0.5) is 4.79 Å². The highest BCUT2D eigenvalue weighted by atomic mass is 35.5. The number of fused-ring (bicyclic) bond motifs is 1. The average Bonchev–Trinajstić information content (AvgIpc) is 3.27. The van der Waals surface area contributed by atoms with Gasteiger partial charge in [-0.1, -0.05) is 28.9 Å². The van der Waals surface area contributed by atoms with Crippen LogP contribution in [0.25, 0.3) is 22.8 Å². The van der Waals surface area contributed by atoms with E-state index in [2.05, 4.69) is 10.1 Å². The van der Waals surface area contributed by atoms with Crippen LogP contribution in [0.3, 0.4) is 0 Å². The number of halogens is 1. The molecule has 1 amide bonds. The molecule has 0 saturated heterocycles. The molecule has 0 bridgehead atoms. The minimum atomic E-state index is -0.897. The fraction of sp³-hybridized carbons (Fsp3) is 0.448. The van der Waals surface area contributed by atoms with Crippen LogP contribution in [0.15, 0.2) is 40.9 Å². The van der Waals surface area contributed by atoms with Crippen molar-refractivity contribution in [3.63, 3.8) is 0 Å². The lowest BCUT2D eigenvalue weighted by molar-refractivity contribution is -0.137. The van der Waals surface area contributed by atoms with Crippen molar-refractivity contribution in [1.82, 2.24) is 15.0 Å². The number of carboxylic acids is 1. The number of ether oxygens (including phenoxy) is 3. The van der Waals surface area contributed by atoms with Gasteiger partial charge in [-0.15, -0.1) is 0 Å². The molecule has 1 atom stereocenters. The Kier molecular flexibility index (Phi) is 8.88. The number of nitrogens with zero attached hydrogens (tertiary/aromatic N) is 3. The molecule has 10 nitrogen and oxygen atoms in total. The molecule has 1 N–H and O–H groups in total. The second-order valence-electron chi connectivity index (χ2n) is 10.8. The molecule has 0 saturated carbocycles. The van der Waals surface area contributed by atoms with Gasteiger partial charge in [0, 0.05) is 17.5 Å². The van der Waals surface area contributed by atoms with Crippen LogP contribution in [0.2, 0.25) is 5.02 Å². The summed E-state index contributed by atoms with van der Waals surface area (Å²) in [6.45, 7) is 9.72. The van der Waals surface area contributed by atoms with E-state index in [9.17, 15) is 14.7 Å². The SMILES string of the molecule is CC(C)Oc1ccc(-c2nc(-c3cccc4c3OCCN(C(=O)OC(C)(C)C)C4CCCC(=O)O)no2)cc1Cl. The van der Waals surface area contributed by atoms with Gasteiger partial charge in [0.15, 0.2) is 0 Å². The molecule has 3 aromatic rings. The van der Waals surface area contributed by atoms with Crippen molar-refractivity contribution in [2.24, 2.45) is 0 Å². The Morgan fingerprint density at radius 3 is 2.67 bits per heavy atom. The number of hydrogen-bond donors (Lipinski definition) is 1. The zero-order valence-electron chi connectivity index (χ0n) is 23.3. The number of rotatable bonds is 8. The topological polar surface area (TPSA) is 124 Å². The molecule has 11 heteroatoms. The zero-order valence-corrected chi connectivity index (χ0v) is 24.0. The lowest BCUT2D eigenvalue weighted by Crippen LogP contribution is -2.40. The van der Waals surface area contributed by atoms with E-state index in [1.54, 1.807) is 43.9 Å². The van der Waals surface area contributed by atoms with Gasteiger partial charge in [-0.3, -0.25) is 9.69 Å². The van der Waals surface area contributed by atoms with E-state index in [0.717, 1.165) is 5.56 Å². The highest BCUT2D eigenvalue weighted by Crippen LogP contribution is 2.42. The smallest absolute Gasteiger partial charge is 0.410 e. The summed E-state index contributed by atoms with van der Waals surface area (Å²) in [6, 6.07) is 10.3. The van der Waals surface area contributed by atoms with E-state index in [4.69, 9.17) is 30.3 Å². The van der Waals surface area contributed by atoms with Gasteiger partial charge in [0.05, 0.1) is 29.3 Å². The monoisotopic (exact) mass is 571 g/mol.